The number of rotatable bonds is 1. The first kappa shape index (κ1) is 14.8. The van der Waals surface area contributed by atoms with Gasteiger partial charge in [-0.25, -0.2) is 9.69 Å². The Morgan fingerprint density at radius 2 is 2.35 bits per heavy atom. The summed E-state index contributed by atoms with van der Waals surface area (Å²) in [6.07, 6.45) is -0.267. The van der Waals surface area contributed by atoms with Crippen molar-refractivity contribution in [1.82, 2.24) is 10.2 Å². The fourth-order valence-corrected chi connectivity index (χ4v) is 3.10. The van der Waals surface area contributed by atoms with Crippen LogP contribution in [0.25, 0.3) is 0 Å². The minimum atomic E-state index is -1.11. The summed E-state index contributed by atoms with van der Waals surface area (Å²) in [6, 6.07) is 4.07. The maximum atomic E-state index is 11.5. The maximum Gasteiger partial charge on any atom is 0.414 e. The summed E-state index contributed by atoms with van der Waals surface area (Å²) in [5.74, 6) is -0.0490. The van der Waals surface area contributed by atoms with Gasteiger partial charge in [-0.3, -0.25) is 4.79 Å². The second-order valence-corrected chi connectivity index (χ2v) is 5.86. The summed E-state index contributed by atoms with van der Waals surface area (Å²) >= 11 is 1.71. The van der Waals surface area contributed by atoms with Crippen molar-refractivity contribution in [2.45, 2.75) is 6.42 Å². The molecular formula is C13H19N3O3S. The maximum absolute atomic E-state index is 11.5. The van der Waals surface area contributed by atoms with Crippen LogP contribution in [-0.2, 0) is 4.79 Å². The molecular weight excluding hydrogens is 278 g/mol. The smallest absolute Gasteiger partial charge is 0.414 e. The molecule has 0 aliphatic carbocycles. The Morgan fingerprint density at radius 1 is 1.55 bits per heavy atom. The summed E-state index contributed by atoms with van der Waals surface area (Å²) in [7, 11) is 1.92. The number of carbonyl (C=O) groups excluding carboxylic acids is 1. The number of fused-ring (bicyclic) bond motifs is 2. The van der Waals surface area contributed by atoms with Gasteiger partial charge in [-0.1, -0.05) is 0 Å². The van der Waals surface area contributed by atoms with Gasteiger partial charge in [0.2, 0.25) is 5.91 Å². The molecule has 110 valence electrons. The van der Waals surface area contributed by atoms with Gasteiger partial charge < -0.3 is 15.7 Å². The van der Waals surface area contributed by atoms with E-state index in [4.69, 9.17) is 5.11 Å². The van der Waals surface area contributed by atoms with Gasteiger partial charge in [0.25, 0.3) is 0 Å². The number of nitrogens with one attached hydrogen (secondary N) is 2. The van der Waals surface area contributed by atoms with E-state index in [0.29, 0.717) is 19.0 Å². The molecule has 3 heterocycles. The fourth-order valence-electron chi connectivity index (χ4n) is 2.52. The van der Waals surface area contributed by atoms with Gasteiger partial charge in [-0.15, -0.1) is 11.3 Å². The van der Waals surface area contributed by atoms with Crippen LogP contribution >= 0.6 is 11.3 Å². The lowest BCUT2D eigenvalue weighted by molar-refractivity contribution is -0.138. The Hall–Kier alpha value is -1.60. The molecule has 2 aliphatic rings. The molecule has 0 spiro atoms. The second-order valence-electron chi connectivity index (χ2n) is 4.92. The van der Waals surface area contributed by atoms with Crippen LogP contribution < -0.4 is 10.6 Å². The number of anilines is 1. The largest absolute Gasteiger partial charge is 0.465 e. The summed E-state index contributed by atoms with van der Waals surface area (Å²) in [6.45, 7) is 1.81. The van der Waals surface area contributed by atoms with Gasteiger partial charge in [-0.2, -0.15) is 0 Å². The summed E-state index contributed by atoms with van der Waals surface area (Å²) < 4.78 is 0. The molecule has 3 rings (SSSR count). The molecule has 1 aromatic rings. The van der Waals surface area contributed by atoms with Gasteiger partial charge in [0.15, 0.2) is 0 Å². The molecule has 2 aliphatic heterocycles. The van der Waals surface area contributed by atoms with Crippen LogP contribution in [0.2, 0.25) is 0 Å². The quantitative estimate of drug-likeness (QED) is 0.732. The molecule has 2 unspecified atom stereocenters. The number of hydrogen-bond donors (Lipinski definition) is 3. The van der Waals surface area contributed by atoms with Crippen molar-refractivity contribution in [2.24, 2.45) is 11.8 Å². The van der Waals surface area contributed by atoms with Crippen molar-refractivity contribution in [2.75, 3.05) is 32.0 Å². The van der Waals surface area contributed by atoms with E-state index in [0.717, 1.165) is 17.9 Å². The lowest BCUT2D eigenvalue weighted by Gasteiger charge is -2.38. The highest BCUT2D eigenvalue weighted by Crippen LogP contribution is 2.25. The molecule has 2 bridgehead atoms. The first-order chi connectivity index (χ1) is 9.61. The summed E-state index contributed by atoms with van der Waals surface area (Å²) in [5.41, 5.74) is 0. The van der Waals surface area contributed by atoms with Crippen molar-refractivity contribution < 1.29 is 14.7 Å². The van der Waals surface area contributed by atoms with Gasteiger partial charge in [0.1, 0.15) is 0 Å². The van der Waals surface area contributed by atoms with Crippen molar-refractivity contribution >= 4 is 28.3 Å². The molecule has 2 atom stereocenters. The third kappa shape index (κ3) is 3.49. The Morgan fingerprint density at radius 3 is 2.90 bits per heavy atom. The molecule has 0 radical (unpaired) electrons. The van der Waals surface area contributed by atoms with E-state index in [1.54, 1.807) is 11.3 Å². The van der Waals surface area contributed by atoms with Gasteiger partial charge in [-0.05, 0) is 36.4 Å². The first-order valence-corrected chi connectivity index (χ1v) is 7.46. The average molecular weight is 297 g/mol. The zero-order chi connectivity index (χ0) is 14.5. The van der Waals surface area contributed by atoms with Crippen LogP contribution in [0, 0.1) is 11.8 Å². The SMILES string of the molecule is CNc1cccs1.O=C(O)N1CC2CNCC(C2)C1=O. The first-order valence-electron chi connectivity index (χ1n) is 6.58. The lowest BCUT2D eigenvalue weighted by Crippen LogP contribution is -2.55. The Bertz CT molecular complexity index is 463. The van der Waals surface area contributed by atoms with Crippen LogP contribution in [-0.4, -0.2) is 48.7 Å². The molecule has 20 heavy (non-hydrogen) atoms. The monoisotopic (exact) mass is 297 g/mol. The van der Waals surface area contributed by atoms with Crippen LogP contribution in [0.3, 0.4) is 0 Å². The van der Waals surface area contributed by atoms with Gasteiger partial charge >= 0.3 is 6.09 Å². The van der Waals surface area contributed by atoms with Crippen molar-refractivity contribution in [3.63, 3.8) is 0 Å². The highest BCUT2D eigenvalue weighted by Gasteiger charge is 2.39. The Balaban J connectivity index is 0.000000178. The number of piperidine rings is 2. The third-order valence-electron chi connectivity index (χ3n) is 3.50. The van der Waals surface area contributed by atoms with E-state index in [-0.39, 0.29) is 11.8 Å². The standard InChI is InChI=1S/C8H12N2O3.C5H7NS/c11-7-6-1-5(2-9-3-6)4-10(7)8(12)13;1-6-5-3-2-4-7-5/h5-6,9H,1-4H2,(H,12,13);2-4,6H,1H3. The molecule has 6 nitrogen and oxygen atoms in total. The lowest BCUT2D eigenvalue weighted by atomic mass is 9.85. The zero-order valence-corrected chi connectivity index (χ0v) is 12.2. The molecule has 0 saturated carbocycles. The second kappa shape index (κ2) is 6.71. The summed E-state index contributed by atoms with van der Waals surface area (Å²) in [5, 5.41) is 18.2. The van der Waals surface area contributed by atoms with Crippen molar-refractivity contribution in [3.8, 4) is 0 Å². The number of thiophene rings is 1. The predicted molar refractivity (Wildman–Crippen MR) is 78.1 cm³/mol. The normalized spacial score (nSPS) is 24.6. The van der Waals surface area contributed by atoms with Crippen LogP contribution in [0.15, 0.2) is 17.5 Å². The summed E-state index contributed by atoms with van der Waals surface area (Å²) in [4.78, 5) is 23.1. The number of imide groups is 1. The number of carbonyl (C=O) groups is 2. The molecule has 2 fully saturated rings. The van der Waals surface area contributed by atoms with Gasteiger partial charge in [0, 0.05) is 20.1 Å². The third-order valence-corrected chi connectivity index (χ3v) is 4.38. The highest BCUT2D eigenvalue weighted by atomic mass is 32.1. The van der Waals surface area contributed by atoms with Crippen LogP contribution in [0.1, 0.15) is 6.42 Å². The van der Waals surface area contributed by atoms with Crippen molar-refractivity contribution in [3.05, 3.63) is 17.5 Å². The molecule has 7 heteroatoms. The van der Waals surface area contributed by atoms with E-state index in [1.807, 2.05) is 24.6 Å². The van der Waals surface area contributed by atoms with E-state index in [2.05, 4.69) is 10.6 Å². The average Bonchev–Trinajstić information content (AvgIpc) is 2.97. The van der Waals surface area contributed by atoms with E-state index in [9.17, 15) is 9.59 Å². The number of nitrogens with zero attached hydrogens (tertiary/aromatic N) is 1. The molecule has 0 aromatic carbocycles. The number of hydrogen-bond acceptors (Lipinski definition) is 5. The fraction of sp³-hybridized carbons (Fsp3) is 0.538. The minimum Gasteiger partial charge on any atom is -0.465 e. The topological polar surface area (TPSA) is 81.7 Å². The Labute approximate surface area is 121 Å². The van der Waals surface area contributed by atoms with Crippen LogP contribution in [0.4, 0.5) is 9.80 Å². The molecule has 1 aromatic heterocycles. The molecule has 2 amide bonds. The minimum absolute atomic E-state index is 0.122. The van der Waals surface area contributed by atoms with Crippen molar-refractivity contribution in [1.29, 1.82) is 0 Å². The number of amides is 2. The predicted octanol–water partition coefficient (Wildman–Crippen LogP) is 1.52. The van der Waals surface area contributed by atoms with E-state index in [1.165, 1.54) is 5.00 Å². The number of likely N-dealkylation sites (tertiary alicyclic amines) is 1. The van der Waals surface area contributed by atoms with Crippen LogP contribution in [0.5, 0.6) is 0 Å². The molecule has 3 N–H and O–H groups in total. The molecule has 2 saturated heterocycles. The number of carboxylic acid groups (broad SMARTS) is 1. The van der Waals surface area contributed by atoms with E-state index < -0.39 is 6.09 Å². The van der Waals surface area contributed by atoms with E-state index >= 15 is 0 Å². The Kier molecular flexibility index (Phi) is 4.97. The van der Waals surface area contributed by atoms with Gasteiger partial charge in [0.05, 0.1) is 10.9 Å². The zero-order valence-electron chi connectivity index (χ0n) is 11.3. The highest BCUT2D eigenvalue weighted by molar-refractivity contribution is 7.14.